The van der Waals surface area contributed by atoms with E-state index in [0.717, 1.165) is 38.0 Å². The summed E-state index contributed by atoms with van der Waals surface area (Å²) in [5.41, 5.74) is -0.344. The molecule has 0 aliphatic heterocycles. The number of aromatic nitrogens is 3. The molecular formula is C23H22ClF5N4O2S. The smallest absolute Gasteiger partial charge is 0.425 e. The number of ether oxygens (including phenoxy) is 1. The average molecular weight is 549 g/mol. The third-order valence-electron chi connectivity index (χ3n) is 5.52. The molecular weight excluding hydrogens is 527 g/mol. The quantitative estimate of drug-likeness (QED) is 0.176. The highest BCUT2D eigenvalue weighted by atomic mass is 35.5. The van der Waals surface area contributed by atoms with Crippen LogP contribution in [0.15, 0.2) is 30.3 Å². The zero-order valence-electron chi connectivity index (χ0n) is 19.1. The standard InChI is InChI=1S/C23H22ClF5N4O2S/c1-11(23(27,28)29)35-18-9-14(20-31-21(22(2,34)36)33(32-20)13-6-7-13)17(26)8-12(18)10-30-19-15(24)4-3-5-16(19)25/h3-5,8-9,11,13,30,34,36H,6-7,10H2,1-2H3/t11-,22-/m0/s1. The predicted molar refractivity (Wildman–Crippen MR) is 127 cm³/mol. The minimum atomic E-state index is -4.70. The number of thiol groups is 1. The second-order valence-electron chi connectivity index (χ2n) is 8.65. The van der Waals surface area contributed by atoms with Crippen LogP contribution in [0.4, 0.5) is 27.6 Å². The summed E-state index contributed by atoms with van der Waals surface area (Å²) >= 11 is 10.1. The molecule has 0 radical (unpaired) electrons. The fourth-order valence-electron chi connectivity index (χ4n) is 3.46. The maximum absolute atomic E-state index is 15.2. The Balaban J connectivity index is 1.75. The van der Waals surface area contributed by atoms with Crippen molar-refractivity contribution in [1.82, 2.24) is 14.8 Å². The Labute approximate surface area is 213 Å². The van der Waals surface area contributed by atoms with E-state index in [1.165, 1.54) is 23.7 Å². The topological polar surface area (TPSA) is 72.2 Å². The van der Waals surface area contributed by atoms with E-state index in [1.54, 1.807) is 0 Å². The van der Waals surface area contributed by atoms with Gasteiger partial charge in [0.15, 0.2) is 22.7 Å². The fraction of sp³-hybridized carbons (Fsp3) is 0.391. The Morgan fingerprint density at radius 1 is 1.25 bits per heavy atom. The largest absolute Gasteiger partial charge is 0.481 e. The number of hydrogen-bond acceptors (Lipinski definition) is 6. The van der Waals surface area contributed by atoms with Crippen molar-refractivity contribution in [2.24, 2.45) is 0 Å². The molecule has 2 aromatic carbocycles. The Kier molecular flexibility index (Phi) is 7.15. The van der Waals surface area contributed by atoms with Crippen LogP contribution in [0.25, 0.3) is 11.4 Å². The third kappa shape index (κ3) is 5.70. The first-order chi connectivity index (χ1) is 16.8. The Morgan fingerprint density at radius 3 is 2.53 bits per heavy atom. The van der Waals surface area contributed by atoms with Crippen LogP contribution in [0.2, 0.25) is 5.02 Å². The number of para-hydroxylation sites is 1. The van der Waals surface area contributed by atoms with Gasteiger partial charge in [0.1, 0.15) is 17.4 Å². The number of nitrogens with zero attached hydrogens (tertiary/aromatic N) is 3. The number of hydrogen-bond donors (Lipinski definition) is 3. The minimum absolute atomic E-state index is 0.0188. The lowest BCUT2D eigenvalue weighted by Crippen LogP contribution is -2.31. The first kappa shape index (κ1) is 26.5. The molecule has 2 atom stereocenters. The molecule has 3 aromatic rings. The van der Waals surface area contributed by atoms with Crippen LogP contribution in [0.1, 0.15) is 44.1 Å². The zero-order chi connectivity index (χ0) is 26.4. The van der Waals surface area contributed by atoms with Crippen LogP contribution in [0.3, 0.4) is 0 Å². The van der Waals surface area contributed by atoms with Crippen LogP contribution in [0.5, 0.6) is 5.75 Å². The van der Waals surface area contributed by atoms with E-state index < -0.39 is 28.8 Å². The lowest BCUT2D eigenvalue weighted by molar-refractivity contribution is -0.189. The van der Waals surface area contributed by atoms with Gasteiger partial charge in [0.2, 0.25) is 0 Å². The van der Waals surface area contributed by atoms with Crippen LogP contribution >= 0.6 is 24.2 Å². The SMILES string of the molecule is C[C@H](Oc1cc(-c2nc([C@@](C)(O)S)n(C3CC3)n2)c(F)cc1CNc1c(F)cccc1Cl)C(F)(F)F. The number of halogens is 6. The van der Waals surface area contributed by atoms with E-state index in [2.05, 4.69) is 28.0 Å². The summed E-state index contributed by atoms with van der Waals surface area (Å²) in [7, 11) is 0. The van der Waals surface area contributed by atoms with E-state index in [9.17, 15) is 22.7 Å². The number of alkyl halides is 3. The van der Waals surface area contributed by atoms with Crippen molar-refractivity contribution in [3.63, 3.8) is 0 Å². The number of benzene rings is 2. The Morgan fingerprint density at radius 2 is 1.94 bits per heavy atom. The maximum atomic E-state index is 15.2. The van der Waals surface area contributed by atoms with Crippen molar-refractivity contribution >= 4 is 29.9 Å². The molecule has 1 aliphatic carbocycles. The first-order valence-electron chi connectivity index (χ1n) is 10.9. The molecule has 36 heavy (non-hydrogen) atoms. The van der Waals surface area contributed by atoms with Crippen molar-refractivity contribution < 1.29 is 31.8 Å². The summed E-state index contributed by atoms with van der Waals surface area (Å²) in [6.45, 7) is 1.89. The van der Waals surface area contributed by atoms with Gasteiger partial charge in [-0.2, -0.15) is 18.3 Å². The maximum Gasteiger partial charge on any atom is 0.425 e. The Hall–Kier alpha value is -2.57. The number of aliphatic hydroxyl groups is 1. The molecule has 0 amide bonds. The molecule has 0 bridgehead atoms. The highest BCUT2D eigenvalue weighted by Gasteiger charge is 2.39. The first-order valence-corrected chi connectivity index (χ1v) is 11.7. The van der Waals surface area contributed by atoms with Crippen molar-refractivity contribution in [1.29, 1.82) is 0 Å². The molecule has 194 valence electrons. The molecule has 13 heteroatoms. The monoisotopic (exact) mass is 548 g/mol. The normalized spacial score (nSPS) is 16.5. The molecule has 1 fully saturated rings. The van der Waals surface area contributed by atoms with Gasteiger partial charge in [-0.05, 0) is 51.0 Å². The van der Waals surface area contributed by atoms with Crippen LogP contribution < -0.4 is 10.1 Å². The summed E-state index contributed by atoms with van der Waals surface area (Å²) in [6, 6.07) is 5.94. The summed E-state index contributed by atoms with van der Waals surface area (Å²) in [4.78, 5) is 2.53. The van der Waals surface area contributed by atoms with E-state index in [-0.39, 0.29) is 51.8 Å². The van der Waals surface area contributed by atoms with Gasteiger partial charge in [-0.1, -0.05) is 17.7 Å². The molecule has 0 spiro atoms. The van der Waals surface area contributed by atoms with Gasteiger partial charge >= 0.3 is 6.18 Å². The number of nitrogens with one attached hydrogen (secondary N) is 1. The van der Waals surface area contributed by atoms with Crippen LogP contribution in [0, 0.1) is 11.6 Å². The van der Waals surface area contributed by atoms with Crippen molar-refractivity contribution in [3.8, 4) is 17.1 Å². The van der Waals surface area contributed by atoms with Gasteiger partial charge < -0.3 is 15.2 Å². The second-order valence-corrected chi connectivity index (χ2v) is 9.93. The van der Waals surface area contributed by atoms with Gasteiger partial charge in [-0.3, -0.25) is 0 Å². The molecule has 0 unspecified atom stereocenters. The molecule has 1 saturated carbocycles. The predicted octanol–water partition coefficient (Wildman–Crippen LogP) is 6.25. The lowest BCUT2D eigenvalue weighted by atomic mass is 10.1. The molecule has 1 heterocycles. The van der Waals surface area contributed by atoms with Gasteiger partial charge in [0.25, 0.3) is 0 Å². The zero-order valence-corrected chi connectivity index (χ0v) is 20.7. The minimum Gasteiger partial charge on any atom is -0.481 e. The van der Waals surface area contributed by atoms with Crippen LogP contribution in [-0.2, 0) is 11.5 Å². The summed E-state index contributed by atoms with van der Waals surface area (Å²) in [6.07, 6.45) is -5.36. The van der Waals surface area contributed by atoms with Crippen molar-refractivity contribution in [3.05, 3.63) is 58.4 Å². The molecule has 6 nitrogen and oxygen atoms in total. The summed E-state index contributed by atoms with van der Waals surface area (Å²) < 4.78 is 75.8. The van der Waals surface area contributed by atoms with E-state index >= 15 is 4.39 Å². The van der Waals surface area contributed by atoms with E-state index in [1.807, 2.05) is 0 Å². The highest BCUT2D eigenvalue weighted by molar-refractivity contribution is 7.81. The van der Waals surface area contributed by atoms with Crippen molar-refractivity contribution in [2.45, 2.75) is 56.5 Å². The number of anilines is 1. The molecule has 1 aliphatic rings. The second kappa shape index (κ2) is 9.71. The van der Waals surface area contributed by atoms with Gasteiger partial charge in [-0.25, -0.2) is 18.4 Å². The average Bonchev–Trinajstić information content (AvgIpc) is 3.51. The summed E-state index contributed by atoms with van der Waals surface area (Å²) in [5, 5.41) is 17.4. The fourth-order valence-corrected chi connectivity index (χ4v) is 3.84. The third-order valence-corrected chi connectivity index (χ3v) is 6.04. The van der Waals surface area contributed by atoms with E-state index in [4.69, 9.17) is 16.3 Å². The van der Waals surface area contributed by atoms with E-state index in [0.29, 0.717) is 0 Å². The molecule has 4 rings (SSSR count). The lowest BCUT2D eigenvalue weighted by Gasteiger charge is -2.21. The van der Waals surface area contributed by atoms with Crippen LogP contribution in [-0.4, -0.2) is 32.2 Å². The molecule has 1 aromatic heterocycles. The van der Waals surface area contributed by atoms with Gasteiger partial charge in [-0.15, -0.1) is 12.6 Å². The summed E-state index contributed by atoms with van der Waals surface area (Å²) in [5.74, 6) is -1.92. The molecule has 2 N–H and O–H groups in total. The van der Waals surface area contributed by atoms with Crippen molar-refractivity contribution in [2.75, 3.05) is 5.32 Å². The number of rotatable bonds is 8. The Bertz CT molecular complexity index is 1250. The highest BCUT2D eigenvalue weighted by Crippen LogP contribution is 2.40. The molecule has 0 saturated heterocycles. The van der Waals surface area contributed by atoms with Gasteiger partial charge in [0.05, 0.1) is 22.3 Å². The van der Waals surface area contributed by atoms with Gasteiger partial charge in [0, 0.05) is 12.1 Å².